The predicted octanol–water partition coefficient (Wildman–Crippen LogP) is 2.37. The van der Waals surface area contributed by atoms with E-state index in [1.807, 2.05) is 0 Å². The lowest BCUT2D eigenvalue weighted by molar-refractivity contribution is -0.147. The first-order valence-electron chi connectivity index (χ1n) is 5.55. The minimum Gasteiger partial charge on any atom is -0.461 e. The van der Waals surface area contributed by atoms with Crippen LogP contribution in [0.1, 0.15) is 40.5 Å². The minimum absolute atomic E-state index is 0.0538. The van der Waals surface area contributed by atoms with Crippen molar-refractivity contribution >= 4 is 5.97 Å². The molecule has 1 heterocycles. The molecule has 0 aromatic carbocycles. The maximum Gasteiger partial charge on any atom is 0.312 e. The molecule has 14 heavy (non-hydrogen) atoms. The third-order valence-corrected chi connectivity index (χ3v) is 5.65. The summed E-state index contributed by atoms with van der Waals surface area (Å²) < 4.78 is 5.58. The van der Waals surface area contributed by atoms with Gasteiger partial charge in [0.15, 0.2) is 0 Å². The predicted molar refractivity (Wildman–Crippen MR) is 52.6 cm³/mol. The number of carbonyl (C=O) groups excluding carboxylic acids is 1. The average molecular weight is 194 g/mol. The number of hydrogen-bond acceptors (Lipinski definition) is 2. The van der Waals surface area contributed by atoms with E-state index in [1.165, 1.54) is 0 Å². The van der Waals surface area contributed by atoms with Crippen LogP contribution in [0.2, 0.25) is 0 Å². The highest BCUT2D eigenvalue weighted by atomic mass is 16.6. The quantitative estimate of drug-likeness (QED) is 0.553. The second-order valence-corrected chi connectivity index (χ2v) is 6.37. The van der Waals surface area contributed by atoms with Gasteiger partial charge in [0.05, 0.1) is 5.41 Å². The van der Waals surface area contributed by atoms with Gasteiger partial charge in [-0.3, -0.25) is 4.79 Å². The second kappa shape index (κ2) is 1.89. The van der Waals surface area contributed by atoms with Gasteiger partial charge in [-0.1, -0.05) is 20.8 Å². The molecular weight excluding hydrogens is 176 g/mol. The fourth-order valence-electron chi connectivity index (χ4n) is 4.54. The van der Waals surface area contributed by atoms with Crippen LogP contribution in [0.5, 0.6) is 0 Å². The summed E-state index contributed by atoms with van der Waals surface area (Å²) in [6.45, 7) is 8.92. The zero-order valence-corrected chi connectivity index (χ0v) is 9.39. The monoisotopic (exact) mass is 194 g/mol. The summed E-state index contributed by atoms with van der Waals surface area (Å²) in [6.07, 6.45) is 2.36. The first kappa shape index (κ1) is 8.75. The van der Waals surface area contributed by atoms with Gasteiger partial charge < -0.3 is 4.74 Å². The Morgan fingerprint density at radius 3 is 2.43 bits per heavy atom. The first-order valence-corrected chi connectivity index (χ1v) is 5.55. The Kier molecular flexibility index (Phi) is 1.18. The summed E-state index contributed by atoms with van der Waals surface area (Å²) in [4.78, 5) is 11.9. The molecule has 3 fully saturated rings. The van der Waals surface area contributed by atoms with E-state index in [0.717, 1.165) is 12.8 Å². The van der Waals surface area contributed by atoms with E-state index < -0.39 is 0 Å². The van der Waals surface area contributed by atoms with Crippen molar-refractivity contribution in [2.45, 2.75) is 46.6 Å². The van der Waals surface area contributed by atoms with E-state index in [4.69, 9.17) is 4.74 Å². The molecule has 1 saturated heterocycles. The van der Waals surface area contributed by atoms with Gasteiger partial charge in [0.2, 0.25) is 0 Å². The summed E-state index contributed by atoms with van der Waals surface area (Å²) in [5, 5.41) is 0. The number of rotatable bonds is 0. The first-order chi connectivity index (χ1) is 6.33. The van der Waals surface area contributed by atoms with Crippen LogP contribution >= 0.6 is 0 Å². The van der Waals surface area contributed by atoms with Gasteiger partial charge >= 0.3 is 5.97 Å². The Hall–Kier alpha value is -0.530. The van der Waals surface area contributed by atoms with Gasteiger partial charge in [0.1, 0.15) is 6.10 Å². The van der Waals surface area contributed by atoms with Gasteiger partial charge in [-0.05, 0) is 31.1 Å². The van der Waals surface area contributed by atoms with Crippen LogP contribution < -0.4 is 0 Å². The van der Waals surface area contributed by atoms with Gasteiger partial charge in [-0.25, -0.2) is 0 Å². The molecule has 0 aromatic rings. The standard InChI is InChI=1S/C12H18O2/c1-7-8-11(3)5-10(7,2)6-12(11,4)9(13)14-8/h7-8H,5-6H2,1-4H3. The van der Waals surface area contributed by atoms with Gasteiger partial charge in [0.25, 0.3) is 0 Å². The molecule has 0 radical (unpaired) electrons. The number of esters is 1. The van der Waals surface area contributed by atoms with Crippen molar-refractivity contribution < 1.29 is 9.53 Å². The Morgan fingerprint density at radius 1 is 1.29 bits per heavy atom. The molecule has 5 atom stereocenters. The van der Waals surface area contributed by atoms with E-state index in [2.05, 4.69) is 27.7 Å². The Morgan fingerprint density at radius 2 is 1.93 bits per heavy atom. The number of hydrogen-bond donors (Lipinski definition) is 0. The third-order valence-electron chi connectivity index (χ3n) is 5.65. The molecule has 2 nitrogen and oxygen atoms in total. The van der Waals surface area contributed by atoms with Crippen molar-refractivity contribution in [3.8, 4) is 0 Å². The van der Waals surface area contributed by atoms with Crippen molar-refractivity contribution in [2.24, 2.45) is 22.2 Å². The number of fused-ring (bicyclic) bond motifs is 1. The molecule has 2 bridgehead atoms. The van der Waals surface area contributed by atoms with Crippen molar-refractivity contribution in [3.63, 3.8) is 0 Å². The normalized spacial score (nSPS) is 64.7. The Labute approximate surface area is 85.0 Å². The molecule has 0 aromatic heterocycles. The summed E-state index contributed by atoms with van der Waals surface area (Å²) in [6, 6.07) is 0. The fraction of sp³-hybridized carbons (Fsp3) is 0.917. The van der Waals surface area contributed by atoms with E-state index in [-0.39, 0.29) is 22.9 Å². The molecule has 3 aliphatic rings. The van der Waals surface area contributed by atoms with Crippen molar-refractivity contribution in [3.05, 3.63) is 0 Å². The topological polar surface area (TPSA) is 26.3 Å². The smallest absolute Gasteiger partial charge is 0.312 e. The van der Waals surface area contributed by atoms with Gasteiger partial charge in [-0.2, -0.15) is 0 Å². The van der Waals surface area contributed by atoms with E-state index >= 15 is 0 Å². The third kappa shape index (κ3) is 0.582. The maximum absolute atomic E-state index is 11.9. The van der Waals surface area contributed by atoms with Crippen molar-refractivity contribution in [1.29, 1.82) is 0 Å². The fourth-order valence-corrected chi connectivity index (χ4v) is 4.54. The van der Waals surface area contributed by atoms with Crippen LogP contribution in [-0.4, -0.2) is 12.1 Å². The zero-order chi connectivity index (χ0) is 10.4. The molecule has 78 valence electrons. The van der Waals surface area contributed by atoms with Gasteiger partial charge in [0, 0.05) is 5.41 Å². The van der Waals surface area contributed by atoms with Crippen molar-refractivity contribution in [2.75, 3.05) is 0 Å². The largest absolute Gasteiger partial charge is 0.461 e. The molecule has 3 rings (SSSR count). The Bertz CT molecular complexity index is 337. The minimum atomic E-state index is -0.196. The Balaban J connectivity index is 2.21. The highest BCUT2D eigenvalue weighted by Gasteiger charge is 2.77. The SMILES string of the molecule is CC1C2OC(=O)C3(C)CC1(C)CC23C. The zero-order valence-electron chi connectivity index (χ0n) is 9.39. The van der Waals surface area contributed by atoms with Gasteiger partial charge in [-0.15, -0.1) is 0 Å². The summed E-state index contributed by atoms with van der Waals surface area (Å²) in [5.41, 5.74) is 0.248. The molecule has 0 N–H and O–H groups in total. The lowest BCUT2D eigenvalue weighted by Gasteiger charge is -2.38. The molecular formula is C12H18O2. The number of carbonyl (C=O) groups is 1. The summed E-state index contributed by atoms with van der Waals surface area (Å²) in [5.74, 6) is 0.588. The second-order valence-electron chi connectivity index (χ2n) is 6.37. The molecule has 0 amide bonds. The summed E-state index contributed by atoms with van der Waals surface area (Å²) in [7, 11) is 0. The summed E-state index contributed by atoms with van der Waals surface area (Å²) >= 11 is 0. The molecule has 2 heteroatoms. The molecule has 2 saturated carbocycles. The highest BCUT2D eigenvalue weighted by molar-refractivity contribution is 5.82. The molecule has 1 aliphatic heterocycles. The van der Waals surface area contributed by atoms with Crippen LogP contribution in [0.25, 0.3) is 0 Å². The van der Waals surface area contributed by atoms with Crippen LogP contribution in [0.4, 0.5) is 0 Å². The average Bonchev–Trinajstić information content (AvgIpc) is 2.44. The van der Waals surface area contributed by atoms with Crippen LogP contribution in [0.15, 0.2) is 0 Å². The van der Waals surface area contributed by atoms with E-state index in [9.17, 15) is 4.79 Å². The molecule has 5 unspecified atom stereocenters. The van der Waals surface area contributed by atoms with E-state index in [1.54, 1.807) is 0 Å². The van der Waals surface area contributed by atoms with E-state index in [0.29, 0.717) is 11.3 Å². The maximum atomic E-state index is 11.9. The molecule has 2 aliphatic carbocycles. The van der Waals surface area contributed by atoms with Crippen molar-refractivity contribution in [1.82, 2.24) is 0 Å². The van der Waals surface area contributed by atoms with Crippen LogP contribution in [-0.2, 0) is 9.53 Å². The van der Waals surface area contributed by atoms with Crippen LogP contribution in [0, 0.1) is 22.2 Å². The number of ether oxygens (including phenoxy) is 1. The molecule has 0 spiro atoms. The van der Waals surface area contributed by atoms with Crippen LogP contribution in [0.3, 0.4) is 0 Å². The highest BCUT2D eigenvalue weighted by Crippen LogP contribution is 2.75. The lowest BCUT2D eigenvalue weighted by atomic mass is 9.62. The lowest BCUT2D eigenvalue weighted by Crippen LogP contribution is -2.42.